The third-order valence-electron chi connectivity index (χ3n) is 3.80. The Kier molecular flexibility index (Phi) is 7.52. The van der Waals surface area contributed by atoms with Gasteiger partial charge < -0.3 is 9.88 Å². The Balaban J connectivity index is 1.46. The number of halogens is 2. The van der Waals surface area contributed by atoms with Crippen LogP contribution in [-0.4, -0.2) is 26.4 Å². The molecule has 0 spiro atoms. The van der Waals surface area contributed by atoms with Crippen LogP contribution in [0.2, 0.25) is 0 Å². The number of hydrogen-bond acceptors (Lipinski definition) is 5. The van der Waals surface area contributed by atoms with Gasteiger partial charge in [-0.25, -0.2) is 4.39 Å². The van der Waals surface area contributed by atoms with E-state index >= 15 is 0 Å². The van der Waals surface area contributed by atoms with Crippen LogP contribution in [0.5, 0.6) is 0 Å². The second-order valence-electron chi connectivity index (χ2n) is 5.92. The van der Waals surface area contributed by atoms with E-state index in [-0.39, 0.29) is 17.5 Å². The summed E-state index contributed by atoms with van der Waals surface area (Å²) in [7, 11) is 1.89. The molecule has 0 aliphatic rings. The highest BCUT2D eigenvalue weighted by Gasteiger charge is 2.12. The highest BCUT2D eigenvalue weighted by Crippen LogP contribution is 2.21. The monoisotopic (exact) mass is 480 g/mol. The lowest BCUT2D eigenvalue weighted by molar-refractivity contribution is -0.113. The van der Waals surface area contributed by atoms with E-state index in [1.165, 1.54) is 23.9 Å². The molecule has 0 aliphatic carbocycles. The van der Waals surface area contributed by atoms with Crippen LogP contribution in [0.3, 0.4) is 0 Å². The van der Waals surface area contributed by atoms with Crippen molar-refractivity contribution >= 4 is 51.0 Å². The van der Waals surface area contributed by atoms with E-state index in [0.29, 0.717) is 10.9 Å². The zero-order valence-electron chi connectivity index (χ0n) is 15.1. The van der Waals surface area contributed by atoms with Crippen molar-refractivity contribution in [2.75, 3.05) is 11.1 Å². The van der Waals surface area contributed by atoms with E-state index in [9.17, 15) is 9.18 Å². The lowest BCUT2D eigenvalue weighted by Gasteiger charge is -2.06. The summed E-state index contributed by atoms with van der Waals surface area (Å²) in [6.45, 7) is 0. The molecule has 1 amide bonds. The van der Waals surface area contributed by atoms with Crippen LogP contribution in [0, 0.1) is 5.82 Å². The van der Waals surface area contributed by atoms with Crippen molar-refractivity contribution in [3.8, 4) is 0 Å². The van der Waals surface area contributed by atoms with Crippen LogP contribution in [-0.2, 0) is 23.3 Å². The zero-order valence-corrected chi connectivity index (χ0v) is 18.3. The van der Waals surface area contributed by atoms with Gasteiger partial charge in [0.1, 0.15) is 11.6 Å². The lowest BCUT2D eigenvalue weighted by Crippen LogP contribution is -2.14. The molecule has 0 bridgehead atoms. The summed E-state index contributed by atoms with van der Waals surface area (Å²) in [5.74, 6) is 2.22. The first kappa shape index (κ1) is 20.9. The topological polar surface area (TPSA) is 59.8 Å². The maximum atomic E-state index is 12.9. The fourth-order valence-corrected chi connectivity index (χ4v) is 4.26. The number of benzene rings is 2. The number of carbonyl (C=O) groups excluding carboxylic acids is 1. The molecule has 0 aliphatic heterocycles. The van der Waals surface area contributed by atoms with Crippen molar-refractivity contribution in [2.24, 2.45) is 7.05 Å². The molecule has 0 unspecified atom stereocenters. The lowest BCUT2D eigenvalue weighted by atomic mass is 10.2. The van der Waals surface area contributed by atoms with Gasteiger partial charge in [0.2, 0.25) is 5.91 Å². The number of anilines is 1. The largest absolute Gasteiger partial charge is 0.325 e. The Morgan fingerprint density at radius 1 is 1.11 bits per heavy atom. The third-order valence-corrected chi connectivity index (χ3v) is 6.35. The van der Waals surface area contributed by atoms with Crippen LogP contribution in [0.15, 0.2) is 58.2 Å². The van der Waals surface area contributed by atoms with Gasteiger partial charge in [0.05, 0.1) is 11.5 Å². The Morgan fingerprint density at radius 3 is 2.54 bits per heavy atom. The van der Waals surface area contributed by atoms with E-state index < -0.39 is 0 Å². The molecule has 28 heavy (non-hydrogen) atoms. The average molecular weight is 481 g/mol. The van der Waals surface area contributed by atoms with Gasteiger partial charge in [-0.2, -0.15) is 0 Å². The summed E-state index contributed by atoms with van der Waals surface area (Å²) in [5, 5.41) is 11.9. The van der Waals surface area contributed by atoms with Crippen molar-refractivity contribution in [3.05, 3.63) is 70.2 Å². The summed E-state index contributed by atoms with van der Waals surface area (Å²) in [6.07, 6.45) is 0. The second-order valence-corrected chi connectivity index (χ2v) is 8.76. The van der Waals surface area contributed by atoms with Crippen molar-refractivity contribution in [1.82, 2.24) is 14.8 Å². The summed E-state index contributed by atoms with van der Waals surface area (Å²) in [4.78, 5) is 12.1. The number of aromatic nitrogens is 3. The second kappa shape index (κ2) is 10.1. The van der Waals surface area contributed by atoms with E-state index in [1.807, 2.05) is 35.9 Å². The van der Waals surface area contributed by atoms with Gasteiger partial charge in [-0.05, 0) is 42.0 Å². The summed E-state index contributed by atoms with van der Waals surface area (Å²) < 4.78 is 15.8. The summed E-state index contributed by atoms with van der Waals surface area (Å²) in [5.41, 5.74) is 1.82. The maximum Gasteiger partial charge on any atom is 0.234 e. The molecule has 9 heteroatoms. The van der Waals surface area contributed by atoms with Crippen molar-refractivity contribution in [1.29, 1.82) is 0 Å². The van der Waals surface area contributed by atoms with Gasteiger partial charge in [-0.3, -0.25) is 4.79 Å². The van der Waals surface area contributed by atoms with E-state index in [0.717, 1.165) is 27.3 Å². The van der Waals surface area contributed by atoms with Crippen LogP contribution in [0.25, 0.3) is 0 Å². The minimum atomic E-state index is -0.229. The Morgan fingerprint density at radius 2 is 1.82 bits per heavy atom. The highest BCUT2D eigenvalue weighted by molar-refractivity contribution is 9.10. The molecule has 1 aromatic heterocycles. The molecular formula is C19H18BrFN4OS2. The SMILES string of the molecule is Cn1c(CSCc2ccc(F)cc2)nnc1SCC(=O)Nc1ccc(Br)cc1. The number of rotatable bonds is 8. The van der Waals surface area contributed by atoms with Crippen LogP contribution in [0.4, 0.5) is 10.1 Å². The zero-order chi connectivity index (χ0) is 19.9. The standard InChI is InChI=1S/C19H18BrFN4OS2/c1-25-17(11-27-10-13-2-6-15(21)7-3-13)23-24-19(25)28-12-18(26)22-16-8-4-14(20)5-9-16/h2-9H,10-12H2,1H3,(H,22,26). The van der Waals surface area contributed by atoms with Crippen molar-refractivity contribution in [2.45, 2.75) is 16.7 Å². The minimum absolute atomic E-state index is 0.0949. The third kappa shape index (κ3) is 6.08. The predicted molar refractivity (Wildman–Crippen MR) is 116 cm³/mol. The maximum absolute atomic E-state index is 12.9. The highest BCUT2D eigenvalue weighted by atomic mass is 79.9. The predicted octanol–water partition coefficient (Wildman–Crippen LogP) is 4.88. The Labute approximate surface area is 179 Å². The van der Waals surface area contributed by atoms with Crippen LogP contribution < -0.4 is 5.32 Å². The first-order chi connectivity index (χ1) is 13.5. The molecule has 1 N–H and O–H groups in total. The molecule has 0 atom stereocenters. The van der Waals surface area contributed by atoms with Gasteiger partial charge in [0, 0.05) is 23.0 Å². The molecule has 2 aromatic carbocycles. The van der Waals surface area contributed by atoms with Gasteiger partial charge in [-0.1, -0.05) is 39.8 Å². The van der Waals surface area contributed by atoms with Gasteiger partial charge in [0.15, 0.2) is 5.16 Å². The summed E-state index contributed by atoms with van der Waals surface area (Å²) >= 11 is 6.39. The fourth-order valence-electron chi connectivity index (χ4n) is 2.30. The van der Waals surface area contributed by atoms with Crippen molar-refractivity contribution in [3.63, 3.8) is 0 Å². The quantitative estimate of drug-likeness (QED) is 0.465. The molecule has 0 fully saturated rings. The molecular weight excluding hydrogens is 463 g/mol. The van der Waals surface area contributed by atoms with Gasteiger partial charge in [-0.15, -0.1) is 22.0 Å². The smallest absolute Gasteiger partial charge is 0.234 e. The molecule has 1 heterocycles. The number of nitrogens with zero attached hydrogens (tertiary/aromatic N) is 3. The summed E-state index contributed by atoms with van der Waals surface area (Å²) in [6, 6.07) is 13.9. The average Bonchev–Trinajstić information content (AvgIpc) is 3.03. The molecule has 5 nitrogen and oxygen atoms in total. The molecule has 3 aromatic rings. The minimum Gasteiger partial charge on any atom is -0.325 e. The molecule has 146 valence electrons. The Bertz CT molecular complexity index is 932. The van der Waals surface area contributed by atoms with Crippen LogP contribution in [0.1, 0.15) is 11.4 Å². The number of carbonyl (C=O) groups is 1. The molecule has 0 radical (unpaired) electrons. The number of amides is 1. The van der Waals surface area contributed by atoms with Crippen molar-refractivity contribution < 1.29 is 9.18 Å². The molecule has 0 saturated carbocycles. The number of nitrogens with one attached hydrogen (secondary N) is 1. The number of hydrogen-bond donors (Lipinski definition) is 1. The number of thioether (sulfide) groups is 2. The Hall–Kier alpha value is -1.84. The van der Waals surface area contributed by atoms with E-state index in [2.05, 4.69) is 31.4 Å². The fraction of sp³-hybridized carbons (Fsp3) is 0.211. The van der Waals surface area contributed by atoms with Gasteiger partial charge >= 0.3 is 0 Å². The van der Waals surface area contributed by atoms with E-state index in [4.69, 9.17) is 0 Å². The first-order valence-corrected chi connectivity index (χ1v) is 11.3. The first-order valence-electron chi connectivity index (χ1n) is 8.40. The normalized spacial score (nSPS) is 10.8. The molecule has 0 saturated heterocycles. The van der Waals surface area contributed by atoms with E-state index in [1.54, 1.807) is 23.9 Å². The molecule has 3 rings (SSSR count). The van der Waals surface area contributed by atoms with Crippen LogP contribution >= 0.6 is 39.5 Å². The van der Waals surface area contributed by atoms with Gasteiger partial charge in [0.25, 0.3) is 0 Å².